The van der Waals surface area contributed by atoms with E-state index in [0.29, 0.717) is 0 Å². The van der Waals surface area contributed by atoms with E-state index in [9.17, 15) is 22.0 Å². The Balaban J connectivity index is 1.95. The number of rotatable bonds is 6. The molecule has 0 amide bonds. The first kappa shape index (κ1) is 17.4. The summed E-state index contributed by atoms with van der Waals surface area (Å²) in [6.45, 7) is 0. The van der Waals surface area contributed by atoms with Gasteiger partial charge in [-0.25, -0.2) is 0 Å². The molecule has 0 saturated carbocycles. The van der Waals surface area contributed by atoms with Gasteiger partial charge in [0, 0.05) is 0 Å². The zero-order valence-corrected chi connectivity index (χ0v) is 16.4. The summed E-state index contributed by atoms with van der Waals surface area (Å²) in [5, 5.41) is 0. The molecule has 0 aromatic heterocycles. The van der Waals surface area contributed by atoms with Crippen LogP contribution >= 0.6 is 0 Å². The molecule has 19 heteroatoms. The van der Waals surface area contributed by atoms with Gasteiger partial charge in [0.2, 0.25) is 0 Å². The van der Waals surface area contributed by atoms with Gasteiger partial charge in [0.25, 0.3) is 0 Å². The van der Waals surface area contributed by atoms with Gasteiger partial charge in [0.05, 0.1) is 0 Å². The summed E-state index contributed by atoms with van der Waals surface area (Å²) in [6, 6.07) is 0. The van der Waals surface area contributed by atoms with Crippen LogP contribution in [0.1, 0.15) is 0 Å². The molecule has 0 spiro atoms. The number of hydrogen-bond acceptors (Lipinski definition) is 13. The van der Waals surface area contributed by atoms with Gasteiger partial charge in [-0.2, -0.15) is 0 Å². The fraction of sp³-hybridized carbons (Fsp3) is 0. The van der Waals surface area contributed by atoms with Gasteiger partial charge in [-0.1, -0.05) is 0 Å². The first-order valence-corrected chi connectivity index (χ1v) is 15.1. The predicted octanol–water partition coefficient (Wildman–Crippen LogP) is -1.21. The van der Waals surface area contributed by atoms with E-state index in [2.05, 4.69) is 18.1 Å². The Morgan fingerprint density at radius 3 is 1.21 bits per heavy atom. The molecular formula is O13V6. The summed E-state index contributed by atoms with van der Waals surface area (Å²) >= 11 is -24.1. The van der Waals surface area contributed by atoms with E-state index in [0.717, 1.165) is 0 Å². The van der Waals surface area contributed by atoms with Gasteiger partial charge in [-0.05, 0) is 0 Å². The molecular weight excluding hydrogens is 514 g/mol. The van der Waals surface area contributed by atoms with Crippen LogP contribution in [0.5, 0.6) is 0 Å². The van der Waals surface area contributed by atoms with Gasteiger partial charge in [0.1, 0.15) is 0 Å². The second-order valence-corrected chi connectivity index (χ2v) is 17.7. The van der Waals surface area contributed by atoms with Gasteiger partial charge in [0.15, 0.2) is 0 Å². The molecule has 2 saturated heterocycles. The van der Waals surface area contributed by atoms with Crippen molar-refractivity contribution in [1.82, 2.24) is 0 Å². The van der Waals surface area contributed by atoms with Crippen LogP contribution in [0.4, 0.5) is 0 Å². The molecule has 19 heavy (non-hydrogen) atoms. The van der Waals surface area contributed by atoms with Crippen LogP contribution in [0.15, 0.2) is 0 Å². The van der Waals surface area contributed by atoms with Crippen LogP contribution in [-0.4, -0.2) is 0 Å². The Morgan fingerprint density at radius 2 is 0.947 bits per heavy atom. The van der Waals surface area contributed by atoms with Crippen LogP contribution < -0.4 is 0 Å². The Bertz CT molecular complexity index is 516. The topological polar surface area (TPSA) is 167 Å². The van der Waals surface area contributed by atoms with Crippen molar-refractivity contribution < 1.29 is 133 Å². The second kappa shape index (κ2) is 5.91. The van der Waals surface area contributed by atoms with Crippen molar-refractivity contribution in [3.8, 4) is 0 Å². The fourth-order valence-electron chi connectivity index (χ4n) is 0.826. The third-order valence-corrected chi connectivity index (χ3v) is 21.5. The van der Waals surface area contributed by atoms with Crippen molar-refractivity contribution >= 4 is 0 Å². The van der Waals surface area contributed by atoms with E-state index < -0.39 is 93.3 Å². The molecule has 2 aliphatic rings. The maximum absolute atomic E-state index is 11.5. The fourth-order valence-corrected chi connectivity index (χ4v) is 20.4. The van der Waals surface area contributed by atoms with Crippen molar-refractivity contribution in [2.75, 3.05) is 0 Å². The zero-order valence-electron chi connectivity index (χ0n) is 7.99. The minimum atomic E-state index is -5.18. The number of hydrogen-bond donors (Lipinski definition) is 0. The van der Waals surface area contributed by atoms with Gasteiger partial charge >= 0.3 is 133 Å². The van der Waals surface area contributed by atoms with Crippen LogP contribution in [0.2, 0.25) is 0 Å². The van der Waals surface area contributed by atoms with Crippen molar-refractivity contribution in [3.63, 3.8) is 0 Å². The third-order valence-electron chi connectivity index (χ3n) is 1.27. The quantitative estimate of drug-likeness (QED) is 0.415. The summed E-state index contributed by atoms with van der Waals surface area (Å²) in [7, 11) is 0. The molecule has 2 heterocycles. The maximum atomic E-state index is 11.5. The van der Waals surface area contributed by atoms with Gasteiger partial charge in [-0.3, -0.25) is 0 Å². The molecule has 0 aliphatic carbocycles. The average molecular weight is 514 g/mol. The molecule has 13 nitrogen and oxygen atoms in total. The summed E-state index contributed by atoms with van der Waals surface area (Å²) in [4.78, 5) is 0. The monoisotopic (exact) mass is 514 g/mol. The normalized spacial score (nSPS) is 48.8. The van der Waals surface area contributed by atoms with Crippen LogP contribution in [0.3, 0.4) is 0 Å². The molecule has 2 fully saturated rings. The Kier molecular flexibility index (Phi) is 5.41. The van der Waals surface area contributed by atoms with E-state index >= 15 is 0 Å². The predicted molar refractivity (Wildman–Crippen MR) is 11.7 cm³/mol. The molecule has 2 rings (SSSR count). The molecule has 108 valence electrons. The molecule has 0 atom stereocenters. The van der Waals surface area contributed by atoms with Crippen LogP contribution in [0, 0.1) is 0 Å². The second-order valence-electron chi connectivity index (χ2n) is 2.51. The van der Waals surface area contributed by atoms with E-state index in [4.69, 9.17) is 0 Å². The summed E-state index contributed by atoms with van der Waals surface area (Å²) in [5.41, 5.74) is 0. The average Bonchev–Trinajstić information content (AvgIpc) is 2.11. The summed E-state index contributed by atoms with van der Waals surface area (Å²) < 4.78 is 95.1. The Morgan fingerprint density at radius 1 is 0.632 bits per heavy atom. The molecule has 0 unspecified atom stereocenters. The standard InChI is InChI=1S/13O.6V. The van der Waals surface area contributed by atoms with Crippen LogP contribution in [0.25, 0.3) is 0 Å². The van der Waals surface area contributed by atoms with Gasteiger partial charge in [-0.15, -0.1) is 0 Å². The first-order chi connectivity index (χ1) is 8.66. The van der Waals surface area contributed by atoms with E-state index in [-0.39, 0.29) is 0 Å². The molecule has 0 aromatic rings. The molecule has 0 radical (unpaired) electrons. The summed E-state index contributed by atoms with van der Waals surface area (Å²) in [5.74, 6) is 0. The SMILES string of the molecule is [O]=[V][O][V]1(=[O])[O][V](=[O])([O][V]2(=[O])[O][V](=[O])([O][V]=[O])[O]2)[O]1. The molecule has 2 aliphatic heterocycles. The van der Waals surface area contributed by atoms with E-state index in [1.54, 1.807) is 0 Å². The Hall–Kier alpha value is 2.03. The zero-order chi connectivity index (χ0) is 14.4. The summed E-state index contributed by atoms with van der Waals surface area (Å²) in [6.07, 6.45) is 0. The van der Waals surface area contributed by atoms with E-state index in [1.165, 1.54) is 0 Å². The van der Waals surface area contributed by atoms with Crippen LogP contribution in [-0.2, 0) is 133 Å². The van der Waals surface area contributed by atoms with Crippen molar-refractivity contribution in [3.05, 3.63) is 0 Å². The Labute approximate surface area is 132 Å². The van der Waals surface area contributed by atoms with E-state index in [1.807, 2.05) is 0 Å². The van der Waals surface area contributed by atoms with Crippen molar-refractivity contribution in [2.24, 2.45) is 0 Å². The molecule has 0 aromatic carbocycles. The molecule has 0 bridgehead atoms. The molecule has 0 N–H and O–H groups in total. The van der Waals surface area contributed by atoms with Crippen molar-refractivity contribution in [2.45, 2.75) is 0 Å². The van der Waals surface area contributed by atoms with Crippen molar-refractivity contribution in [1.29, 1.82) is 0 Å². The van der Waals surface area contributed by atoms with Gasteiger partial charge < -0.3 is 0 Å². The minimum absolute atomic E-state index is 2.02. The third kappa shape index (κ3) is 4.06. The first-order valence-electron chi connectivity index (χ1n) is 3.65.